The molecule has 0 radical (unpaired) electrons. The summed E-state index contributed by atoms with van der Waals surface area (Å²) in [6.07, 6.45) is 0. The van der Waals surface area contributed by atoms with E-state index in [1.54, 1.807) is 6.07 Å². The van der Waals surface area contributed by atoms with Gasteiger partial charge in [0, 0.05) is 17.5 Å². The van der Waals surface area contributed by atoms with Crippen molar-refractivity contribution in [3.05, 3.63) is 34.9 Å². The van der Waals surface area contributed by atoms with E-state index in [0.717, 1.165) is 5.56 Å². The standard InChI is InChI=1S/C9H12ClNO/c10-9-3-1-2-7(4-9)8(5-11)6-12/h1-4,8,12H,5-6,11H2. The fraction of sp³-hybridized carbons (Fsp3) is 0.333. The lowest BCUT2D eigenvalue weighted by Gasteiger charge is -2.11. The fourth-order valence-corrected chi connectivity index (χ4v) is 1.28. The first-order valence-corrected chi connectivity index (χ1v) is 4.22. The largest absolute Gasteiger partial charge is 0.396 e. The van der Waals surface area contributed by atoms with E-state index in [9.17, 15) is 0 Å². The zero-order valence-corrected chi connectivity index (χ0v) is 7.46. The summed E-state index contributed by atoms with van der Waals surface area (Å²) in [5.41, 5.74) is 6.46. The summed E-state index contributed by atoms with van der Waals surface area (Å²) in [4.78, 5) is 0. The van der Waals surface area contributed by atoms with Crippen LogP contribution in [-0.2, 0) is 0 Å². The van der Waals surface area contributed by atoms with Crippen LogP contribution < -0.4 is 5.73 Å². The molecule has 3 N–H and O–H groups in total. The first-order chi connectivity index (χ1) is 5.77. The molecule has 66 valence electrons. The van der Waals surface area contributed by atoms with Crippen molar-refractivity contribution >= 4 is 11.6 Å². The second kappa shape index (κ2) is 4.45. The van der Waals surface area contributed by atoms with Gasteiger partial charge in [-0.2, -0.15) is 0 Å². The molecule has 0 bridgehead atoms. The molecule has 0 aliphatic carbocycles. The molecule has 0 saturated carbocycles. The summed E-state index contributed by atoms with van der Waals surface area (Å²) >= 11 is 5.78. The van der Waals surface area contributed by atoms with Gasteiger partial charge in [0.25, 0.3) is 0 Å². The highest BCUT2D eigenvalue weighted by Gasteiger charge is 2.07. The van der Waals surface area contributed by atoms with E-state index in [1.807, 2.05) is 18.2 Å². The first kappa shape index (κ1) is 9.52. The SMILES string of the molecule is NCC(CO)c1cccc(Cl)c1. The van der Waals surface area contributed by atoms with Crippen molar-refractivity contribution in [2.45, 2.75) is 5.92 Å². The Balaban J connectivity index is 2.85. The molecule has 2 nitrogen and oxygen atoms in total. The Morgan fingerprint density at radius 3 is 2.75 bits per heavy atom. The van der Waals surface area contributed by atoms with Crippen LogP contribution in [0.5, 0.6) is 0 Å². The van der Waals surface area contributed by atoms with Gasteiger partial charge >= 0.3 is 0 Å². The summed E-state index contributed by atoms with van der Waals surface area (Å²) < 4.78 is 0. The molecular weight excluding hydrogens is 174 g/mol. The van der Waals surface area contributed by atoms with Crippen LogP contribution in [0, 0.1) is 0 Å². The van der Waals surface area contributed by atoms with Gasteiger partial charge in [-0.1, -0.05) is 23.7 Å². The number of aliphatic hydroxyl groups excluding tert-OH is 1. The van der Waals surface area contributed by atoms with Gasteiger partial charge in [-0.15, -0.1) is 0 Å². The molecule has 1 aromatic carbocycles. The molecule has 1 aromatic rings. The molecule has 0 aromatic heterocycles. The molecule has 0 spiro atoms. The van der Waals surface area contributed by atoms with Crippen molar-refractivity contribution in [1.82, 2.24) is 0 Å². The van der Waals surface area contributed by atoms with Gasteiger partial charge in [-0.25, -0.2) is 0 Å². The van der Waals surface area contributed by atoms with Gasteiger partial charge in [-0.3, -0.25) is 0 Å². The normalized spacial score (nSPS) is 12.9. The first-order valence-electron chi connectivity index (χ1n) is 3.84. The average Bonchev–Trinajstić information content (AvgIpc) is 2.07. The summed E-state index contributed by atoms with van der Waals surface area (Å²) in [7, 11) is 0. The molecule has 0 heterocycles. The number of halogens is 1. The predicted octanol–water partition coefficient (Wildman–Crippen LogP) is 1.37. The maximum absolute atomic E-state index is 8.95. The molecule has 0 aliphatic rings. The second-order valence-corrected chi connectivity index (χ2v) is 3.11. The Kier molecular flexibility index (Phi) is 3.53. The molecule has 0 saturated heterocycles. The molecule has 1 unspecified atom stereocenters. The van der Waals surface area contributed by atoms with Crippen LogP contribution in [0.3, 0.4) is 0 Å². The van der Waals surface area contributed by atoms with E-state index >= 15 is 0 Å². The minimum atomic E-state index is 0.00343. The quantitative estimate of drug-likeness (QED) is 0.748. The molecule has 1 rings (SSSR count). The van der Waals surface area contributed by atoms with Crippen LogP contribution in [0.4, 0.5) is 0 Å². The van der Waals surface area contributed by atoms with Crippen molar-refractivity contribution in [2.24, 2.45) is 5.73 Å². The molecule has 1 atom stereocenters. The Morgan fingerprint density at radius 1 is 1.50 bits per heavy atom. The number of hydrogen-bond donors (Lipinski definition) is 2. The average molecular weight is 186 g/mol. The lowest BCUT2D eigenvalue weighted by molar-refractivity contribution is 0.268. The lowest BCUT2D eigenvalue weighted by Crippen LogP contribution is -2.15. The van der Waals surface area contributed by atoms with Crippen LogP contribution >= 0.6 is 11.6 Å². The summed E-state index contributed by atoms with van der Waals surface area (Å²) in [5, 5.41) is 9.63. The van der Waals surface area contributed by atoms with Gasteiger partial charge in [0.2, 0.25) is 0 Å². The van der Waals surface area contributed by atoms with E-state index in [-0.39, 0.29) is 12.5 Å². The third kappa shape index (κ3) is 2.21. The molecule has 0 amide bonds. The summed E-state index contributed by atoms with van der Waals surface area (Å²) in [6.45, 7) is 0.508. The molecule has 0 fully saturated rings. The smallest absolute Gasteiger partial charge is 0.0511 e. The van der Waals surface area contributed by atoms with Crippen molar-refractivity contribution in [1.29, 1.82) is 0 Å². The van der Waals surface area contributed by atoms with Crippen LogP contribution in [0.15, 0.2) is 24.3 Å². The van der Waals surface area contributed by atoms with Gasteiger partial charge in [0.15, 0.2) is 0 Å². The fourth-order valence-electron chi connectivity index (χ4n) is 1.08. The Bertz CT molecular complexity index is 248. The minimum absolute atomic E-state index is 0.00343. The van der Waals surface area contributed by atoms with E-state index in [2.05, 4.69) is 0 Å². The van der Waals surface area contributed by atoms with Gasteiger partial charge in [0.05, 0.1) is 6.61 Å². The Morgan fingerprint density at radius 2 is 2.25 bits per heavy atom. The van der Waals surface area contributed by atoms with Crippen molar-refractivity contribution in [3.63, 3.8) is 0 Å². The highest BCUT2D eigenvalue weighted by atomic mass is 35.5. The Hall–Kier alpha value is -0.570. The summed E-state index contributed by atoms with van der Waals surface area (Å²) in [5.74, 6) is 0.00343. The predicted molar refractivity (Wildman–Crippen MR) is 50.3 cm³/mol. The highest BCUT2D eigenvalue weighted by molar-refractivity contribution is 6.30. The van der Waals surface area contributed by atoms with Gasteiger partial charge in [0.1, 0.15) is 0 Å². The van der Waals surface area contributed by atoms with Crippen LogP contribution in [0.1, 0.15) is 11.5 Å². The van der Waals surface area contributed by atoms with E-state index in [4.69, 9.17) is 22.4 Å². The zero-order chi connectivity index (χ0) is 8.97. The molecular formula is C9H12ClNO. The van der Waals surface area contributed by atoms with Gasteiger partial charge < -0.3 is 10.8 Å². The minimum Gasteiger partial charge on any atom is -0.396 e. The van der Waals surface area contributed by atoms with E-state index in [0.29, 0.717) is 11.6 Å². The third-order valence-corrected chi connectivity index (χ3v) is 2.06. The summed E-state index contributed by atoms with van der Waals surface area (Å²) in [6, 6.07) is 7.40. The van der Waals surface area contributed by atoms with Crippen molar-refractivity contribution in [3.8, 4) is 0 Å². The second-order valence-electron chi connectivity index (χ2n) is 2.67. The third-order valence-electron chi connectivity index (χ3n) is 1.82. The Labute approximate surface area is 77.0 Å². The number of hydrogen-bond acceptors (Lipinski definition) is 2. The maximum Gasteiger partial charge on any atom is 0.0511 e. The zero-order valence-electron chi connectivity index (χ0n) is 6.70. The number of benzene rings is 1. The monoisotopic (exact) mass is 185 g/mol. The lowest BCUT2D eigenvalue weighted by atomic mass is 10.0. The number of nitrogens with two attached hydrogens (primary N) is 1. The van der Waals surface area contributed by atoms with Crippen molar-refractivity contribution < 1.29 is 5.11 Å². The molecule has 12 heavy (non-hydrogen) atoms. The number of aliphatic hydroxyl groups is 1. The van der Waals surface area contributed by atoms with E-state index in [1.165, 1.54) is 0 Å². The van der Waals surface area contributed by atoms with Crippen molar-refractivity contribution in [2.75, 3.05) is 13.2 Å². The topological polar surface area (TPSA) is 46.2 Å². The van der Waals surface area contributed by atoms with E-state index < -0.39 is 0 Å². The van der Waals surface area contributed by atoms with Gasteiger partial charge in [-0.05, 0) is 17.7 Å². The maximum atomic E-state index is 8.95. The highest BCUT2D eigenvalue weighted by Crippen LogP contribution is 2.18. The number of rotatable bonds is 3. The van der Waals surface area contributed by atoms with Crippen LogP contribution in [0.25, 0.3) is 0 Å². The molecule has 3 heteroatoms. The van der Waals surface area contributed by atoms with Crippen LogP contribution in [0.2, 0.25) is 5.02 Å². The molecule has 0 aliphatic heterocycles. The van der Waals surface area contributed by atoms with Crippen LogP contribution in [-0.4, -0.2) is 18.3 Å².